The number of aryl methyl sites for hydroxylation is 1. The number of nitrogens with one attached hydrogen (secondary N) is 1. The number of nitrogens with zero attached hydrogens (tertiary/aromatic N) is 2. The van der Waals surface area contributed by atoms with Crippen LogP contribution in [0, 0.1) is 6.92 Å². The summed E-state index contributed by atoms with van der Waals surface area (Å²) < 4.78 is 6.77. The summed E-state index contributed by atoms with van der Waals surface area (Å²) in [6.45, 7) is 3.93. The molecule has 128 valence electrons. The Labute approximate surface area is 149 Å². The maximum atomic E-state index is 12.7. The lowest BCUT2D eigenvalue weighted by Crippen LogP contribution is -2.25. The van der Waals surface area contributed by atoms with E-state index in [0.717, 1.165) is 0 Å². The molecule has 0 radical (unpaired) electrons. The van der Waals surface area contributed by atoms with Crippen LogP contribution in [0.15, 0.2) is 47.4 Å². The second kappa shape index (κ2) is 6.94. The number of aromatic nitrogens is 2. The summed E-state index contributed by atoms with van der Waals surface area (Å²) in [6.07, 6.45) is 1.47. The fraction of sp³-hybridized carbons (Fsp3) is 0.167. The van der Waals surface area contributed by atoms with Crippen LogP contribution in [-0.4, -0.2) is 21.9 Å². The third kappa shape index (κ3) is 3.34. The monoisotopic (exact) mass is 357 g/mol. The molecular formula is C18H16ClN3O3. The van der Waals surface area contributed by atoms with E-state index in [4.69, 9.17) is 16.3 Å². The van der Waals surface area contributed by atoms with Gasteiger partial charge >= 0.3 is 0 Å². The number of benzene rings is 1. The number of hydrogen-bond donors (Lipinski definition) is 1. The number of carbonyl (C=O) groups excluding carboxylic acids is 1. The SMILES string of the molecule is CCOc1ccccc1C(=O)Nc1c(C)nc2ccc(Cl)cn2c1=O. The summed E-state index contributed by atoms with van der Waals surface area (Å²) in [5, 5.41) is 3.05. The Kier molecular flexibility index (Phi) is 4.72. The molecule has 0 aliphatic heterocycles. The van der Waals surface area contributed by atoms with Crippen LogP contribution in [0.1, 0.15) is 23.0 Å². The quantitative estimate of drug-likeness (QED) is 0.777. The van der Waals surface area contributed by atoms with Crippen molar-refractivity contribution in [2.45, 2.75) is 13.8 Å². The highest BCUT2D eigenvalue weighted by Gasteiger charge is 2.17. The fourth-order valence-corrected chi connectivity index (χ4v) is 2.64. The van der Waals surface area contributed by atoms with Gasteiger partial charge in [0, 0.05) is 6.20 Å². The summed E-state index contributed by atoms with van der Waals surface area (Å²) in [6, 6.07) is 10.2. The van der Waals surface area contributed by atoms with Gasteiger partial charge in [-0.3, -0.25) is 14.0 Å². The fourth-order valence-electron chi connectivity index (χ4n) is 2.48. The first kappa shape index (κ1) is 17.0. The van der Waals surface area contributed by atoms with Crippen molar-refractivity contribution in [2.24, 2.45) is 0 Å². The molecule has 1 amide bonds. The minimum atomic E-state index is -0.437. The number of hydrogen-bond acceptors (Lipinski definition) is 4. The molecule has 3 rings (SSSR count). The maximum absolute atomic E-state index is 12.7. The molecule has 0 fully saturated rings. The molecule has 0 atom stereocenters. The predicted molar refractivity (Wildman–Crippen MR) is 96.8 cm³/mol. The van der Waals surface area contributed by atoms with Gasteiger partial charge in [-0.05, 0) is 38.1 Å². The van der Waals surface area contributed by atoms with Gasteiger partial charge in [-0.1, -0.05) is 23.7 Å². The largest absolute Gasteiger partial charge is 0.493 e. The van der Waals surface area contributed by atoms with E-state index in [-0.39, 0.29) is 5.69 Å². The lowest BCUT2D eigenvalue weighted by Gasteiger charge is -2.12. The molecule has 0 aliphatic carbocycles. The molecule has 0 bridgehead atoms. The molecule has 1 N–H and O–H groups in total. The third-order valence-electron chi connectivity index (χ3n) is 3.64. The summed E-state index contributed by atoms with van der Waals surface area (Å²) in [4.78, 5) is 29.7. The van der Waals surface area contributed by atoms with Gasteiger partial charge in [0.25, 0.3) is 11.5 Å². The second-order valence-electron chi connectivity index (χ2n) is 5.34. The highest BCUT2D eigenvalue weighted by molar-refractivity contribution is 6.30. The summed E-state index contributed by atoms with van der Waals surface area (Å²) in [5.41, 5.74) is 0.942. The first-order valence-corrected chi connectivity index (χ1v) is 8.10. The normalized spacial score (nSPS) is 10.7. The number of amides is 1. The van der Waals surface area contributed by atoms with Crippen molar-refractivity contribution >= 4 is 28.8 Å². The van der Waals surface area contributed by atoms with E-state index in [0.29, 0.717) is 34.3 Å². The highest BCUT2D eigenvalue weighted by atomic mass is 35.5. The van der Waals surface area contributed by atoms with E-state index in [1.54, 1.807) is 43.3 Å². The number of ether oxygens (including phenoxy) is 1. The minimum Gasteiger partial charge on any atom is -0.493 e. The molecular weight excluding hydrogens is 342 g/mol. The number of fused-ring (bicyclic) bond motifs is 1. The molecule has 7 heteroatoms. The Bertz CT molecular complexity index is 1010. The molecule has 0 saturated heterocycles. The van der Waals surface area contributed by atoms with Crippen LogP contribution in [0.4, 0.5) is 5.69 Å². The lowest BCUT2D eigenvalue weighted by atomic mass is 10.2. The first-order chi connectivity index (χ1) is 12.0. The number of para-hydroxylation sites is 1. The number of pyridine rings is 1. The van der Waals surface area contributed by atoms with E-state index >= 15 is 0 Å². The van der Waals surface area contributed by atoms with Crippen molar-refractivity contribution in [3.05, 3.63) is 69.2 Å². The Balaban J connectivity index is 2.03. The summed E-state index contributed by atoms with van der Waals surface area (Å²) >= 11 is 5.95. The molecule has 2 heterocycles. The number of rotatable bonds is 4. The predicted octanol–water partition coefficient (Wildman–Crippen LogP) is 3.31. The number of anilines is 1. The van der Waals surface area contributed by atoms with E-state index < -0.39 is 11.5 Å². The van der Waals surface area contributed by atoms with Crippen molar-refractivity contribution in [3.8, 4) is 5.75 Å². The molecule has 6 nitrogen and oxygen atoms in total. The molecule has 2 aromatic heterocycles. The minimum absolute atomic E-state index is 0.107. The Morgan fingerprint density at radius 2 is 2.04 bits per heavy atom. The van der Waals surface area contributed by atoms with Gasteiger partial charge in [0.05, 0.1) is 22.9 Å². The highest BCUT2D eigenvalue weighted by Crippen LogP contribution is 2.20. The Morgan fingerprint density at radius 3 is 2.80 bits per heavy atom. The maximum Gasteiger partial charge on any atom is 0.281 e. The van der Waals surface area contributed by atoms with Crippen molar-refractivity contribution in [3.63, 3.8) is 0 Å². The van der Waals surface area contributed by atoms with E-state index in [1.807, 2.05) is 6.92 Å². The molecule has 1 aromatic carbocycles. The molecule has 0 aliphatic rings. The zero-order valence-electron chi connectivity index (χ0n) is 13.7. The van der Waals surface area contributed by atoms with Gasteiger partial charge in [0.15, 0.2) is 0 Å². The average molecular weight is 358 g/mol. The number of halogens is 1. The zero-order chi connectivity index (χ0) is 18.0. The molecule has 3 aromatic rings. The van der Waals surface area contributed by atoms with E-state index in [2.05, 4.69) is 10.3 Å². The summed E-state index contributed by atoms with van der Waals surface area (Å²) in [7, 11) is 0. The van der Waals surface area contributed by atoms with Gasteiger partial charge in [0.1, 0.15) is 17.1 Å². The van der Waals surface area contributed by atoms with Gasteiger partial charge in [-0.25, -0.2) is 4.98 Å². The van der Waals surface area contributed by atoms with Gasteiger partial charge in [-0.15, -0.1) is 0 Å². The Morgan fingerprint density at radius 1 is 1.28 bits per heavy atom. The van der Waals surface area contributed by atoms with Gasteiger partial charge in [-0.2, -0.15) is 0 Å². The third-order valence-corrected chi connectivity index (χ3v) is 3.86. The average Bonchev–Trinajstić information content (AvgIpc) is 2.60. The first-order valence-electron chi connectivity index (χ1n) is 7.73. The van der Waals surface area contributed by atoms with Crippen LogP contribution in [0.2, 0.25) is 5.02 Å². The van der Waals surface area contributed by atoms with Crippen LogP contribution in [-0.2, 0) is 0 Å². The van der Waals surface area contributed by atoms with Crippen molar-refractivity contribution < 1.29 is 9.53 Å². The topological polar surface area (TPSA) is 72.7 Å². The second-order valence-corrected chi connectivity index (χ2v) is 5.77. The van der Waals surface area contributed by atoms with Crippen molar-refractivity contribution in [2.75, 3.05) is 11.9 Å². The zero-order valence-corrected chi connectivity index (χ0v) is 14.5. The van der Waals surface area contributed by atoms with E-state index in [9.17, 15) is 9.59 Å². The summed E-state index contributed by atoms with van der Waals surface area (Å²) in [5.74, 6) is 0.0186. The standard InChI is InChI=1S/C18H16ClN3O3/c1-3-25-14-7-5-4-6-13(14)17(23)21-16-11(2)20-15-9-8-12(19)10-22(15)18(16)24/h4-10H,3H2,1-2H3,(H,21,23). The van der Waals surface area contributed by atoms with Crippen LogP contribution in [0.25, 0.3) is 5.65 Å². The van der Waals surface area contributed by atoms with Crippen LogP contribution < -0.4 is 15.6 Å². The van der Waals surface area contributed by atoms with Crippen LogP contribution in [0.5, 0.6) is 5.75 Å². The van der Waals surface area contributed by atoms with Crippen molar-refractivity contribution in [1.82, 2.24) is 9.38 Å². The van der Waals surface area contributed by atoms with Gasteiger partial charge in [0.2, 0.25) is 0 Å². The smallest absolute Gasteiger partial charge is 0.281 e. The lowest BCUT2D eigenvalue weighted by molar-refractivity contribution is 0.102. The number of carbonyl (C=O) groups is 1. The van der Waals surface area contributed by atoms with E-state index in [1.165, 1.54) is 10.6 Å². The van der Waals surface area contributed by atoms with Crippen molar-refractivity contribution in [1.29, 1.82) is 0 Å². The molecule has 0 saturated carbocycles. The van der Waals surface area contributed by atoms with Crippen LogP contribution >= 0.6 is 11.6 Å². The Hall–Kier alpha value is -2.86. The molecule has 0 unspecified atom stereocenters. The van der Waals surface area contributed by atoms with Gasteiger partial charge < -0.3 is 10.1 Å². The molecule has 25 heavy (non-hydrogen) atoms. The molecule has 0 spiro atoms. The van der Waals surface area contributed by atoms with Crippen LogP contribution in [0.3, 0.4) is 0 Å².